The van der Waals surface area contributed by atoms with Crippen molar-refractivity contribution in [1.82, 2.24) is 19.6 Å². The normalized spacial score (nSPS) is 18.1. The van der Waals surface area contributed by atoms with E-state index in [1.165, 1.54) is 18.2 Å². The zero-order valence-corrected chi connectivity index (χ0v) is 19.8. The van der Waals surface area contributed by atoms with Crippen molar-refractivity contribution in [3.63, 3.8) is 0 Å². The molecule has 0 spiro atoms. The summed E-state index contributed by atoms with van der Waals surface area (Å²) in [5.74, 6) is -1.53. The number of alkyl halides is 3. The Hall–Kier alpha value is -2.72. The number of rotatable bonds is 7. The van der Waals surface area contributed by atoms with Gasteiger partial charge in [0.05, 0.1) is 28.8 Å². The highest BCUT2D eigenvalue weighted by atomic mass is 32.2. The van der Waals surface area contributed by atoms with Gasteiger partial charge in [0.1, 0.15) is 11.3 Å². The van der Waals surface area contributed by atoms with E-state index in [4.69, 9.17) is 10.5 Å². The SMILES string of the molecule is NC(=O)/C(=C1\Nc2ccc(S(=O)(=O)NCCN3CCOCC3)cc2S1)c1nccc(C(F)(F)F)n1. The largest absolute Gasteiger partial charge is 0.433 e. The molecule has 0 bridgehead atoms. The predicted molar refractivity (Wildman–Crippen MR) is 122 cm³/mol. The predicted octanol–water partition coefficient (Wildman–Crippen LogP) is 1.48. The Bertz CT molecular complexity index is 1260. The lowest BCUT2D eigenvalue weighted by molar-refractivity contribution is -0.141. The maximum atomic E-state index is 13.1. The van der Waals surface area contributed by atoms with Crippen molar-refractivity contribution in [2.24, 2.45) is 5.73 Å². The summed E-state index contributed by atoms with van der Waals surface area (Å²) < 4.78 is 72.5. The molecule has 1 aromatic heterocycles. The highest BCUT2D eigenvalue weighted by Gasteiger charge is 2.34. The van der Waals surface area contributed by atoms with Gasteiger partial charge in [0.2, 0.25) is 10.0 Å². The van der Waals surface area contributed by atoms with Crippen molar-refractivity contribution < 1.29 is 31.1 Å². The highest BCUT2D eigenvalue weighted by molar-refractivity contribution is 8.04. The van der Waals surface area contributed by atoms with Crippen LogP contribution in [0, 0.1) is 0 Å². The molecular formula is C20H21F3N6O4S2. The van der Waals surface area contributed by atoms with Crippen molar-refractivity contribution >= 4 is 39.0 Å². The molecule has 2 aliphatic heterocycles. The molecule has 0 radical (unpaired) electrons. The number of primary amides is 1. The minimum absolute atomic E-state index is 0.00437. The van der Waals surface area contributed by atoms with Gasteiger partial charge < -0.3 is 15.8 Å². The Balaban J connectivity index is 1.54. The van der Waals surface area contributed by atoms with E-state index < -0.39 is 33.6 Å². The highest BCUT2D eigenvalue weighted by Crippen LogP contribution is 2.44. The van der Waals surface area contributed by atoms with Gasteiger partial charge in [-0.2, -0.15) is 13.2 Å². The fourth-order valence-corrected chi connectivity index (χ4v) is 5.65. The van der Waals surface area contributed by atoms with Crippen molar-refractivity contribution in [1.29, 1.82) is 0 Å². The third-order valence-electron chi connectivity index (χ3n) is 5.19. The van der Waals surface area contributed by atoms with Crippen molar-refractivity contribution in [2.45, 2.75) is 16.0 Å². The number of carbonyl (C=O) groups is 1. The number of nitrogens with one attached hydrogen (secondary N) is 2. The number of hydrogen-bond donors (Lipinski definition) is 3. The fourth-order valence-electron chi connectivity index (χ4n) is 3.44. The second-order valence-electron chi connectivity index (χ2n) is 7.57. The standard InChI is InChI=1S/C20H21F3N6O4S2/c21-20(22,23)15-3-4-25-18(28-15)16(17(24)30)19-27-13-2-1-12(11-14(13)34-19)35(31,32)26-5-6-29-7-9-33-10-8-29/h1-4,11,26-27H,5-10H2,(H2,24,30)/b19-16-. The average molecular weight is 531 g/mol. The molecule has 1 fully saturated rings. The number of aromatic nitrogens is 2. The molecule has 10 nitrogen and oxygen atoms in total. The number of anilines is 1. The first-order valence-corrected chi connectivity index (χ1v) is 12.7. The van der Waals surface area contributed by atoms with Gasteiger partial charge in [-0.25, -0.2) is 23.1 Å². The molecule has 1 amide bonds. The molecule has 2 aromatic rings. The van der Waals surface area contributed by atoms with Crippen LogP contribution >= 0.6 is 11.8 Å². The summed E-state index contributed by atoms with van der Waals surface area (Å²) in [7, 11) is -3.82. The van der Waals surface area contributed by atoms with E-state index in [9.17, 15) is 26.4 Å². The lowest BCUT2D eigenvalue weighted by atomic mass is 10.2. The summed E-state index contributed by atoms with van der Waals surface area (Å²) in [4.78, 5) is 21.9. The molecule has 0 saturated carbocycles. The second-order valence-corrected chi connectivity index (χ2v) is 10.4. The lowest BCUT2D eigenvalue weighted by Crippen LogP contribution is -2.41. The molecule has 4 rings (SSSR count). The molecule has 2 aliphatic rings. The van der Waals surface area contributed by atoms with Gasteiger partial charge in [0.15, 0.2) is 5.82 Å². The minimum Gasteiger partial charge on any atom is -0.379 e. The summed E-state index contributed by atoms with van der Waals surface area (Å²) in [5.41, 5.74) is 4.32. The van der Waals surface area contributed by atoms with Gasteiger partial charge in [-0.05, 0) is 24.3 Å². The molecule has 188 valence electrons. The Morgan fingerprint density at radius 1 is 1.26 bits per heavy atom. The quantitative estimate of drug-likeness (QED) is 0.454. The van der Waals surface area contributed by atoms with Crippen LogP contribution in [0.4, 0.5) is 18.9 Å². The number of ether oxygens (including phenoxy) is 1. The van der Waals surface area contributed by atoms with E-state index in [-0.39, 0.29) is 22.0 Å². The Morgan fingerprint density at radius 2 is 2.00 bits per heavy atom. The van der Waals surface area contributed by atoms with Gasteiger partial charge in [0.25, 0.3) is 5.91 Å². The second kappa shape index (κ2) is 10.1. The van der Waals surface area contributed by atoms with Gasteiger partial charge in [-0.1, -0.05) is 11.8 Å². The third-order valence-corrected chi connectivity index (χ3v) is 7.72. The van der Waals surface area contributed by atoms with Crippen molar-refractivity contribution in [3.05, 3.63) is 47.0 Å². The summed E-state index contributed by atoms with van der Waals surface area (Å²) in [6.45, 7) is 3.43. The number of morpholine rings is 1. The number of halogens is 3. The number of nitrogens with two attached hydrogens (primary N) is 1. The van der Waals surface area contributed by atoms with Crippen LogP contribution in [0.25, 0.3) is 5.57 Å². The minimum atomic E-state index is -4.73. The Labute approximate surface area is 203 Å². The molecule has 0 atom stereocenters. The molecule has 1 saturated heterocycles. The molecule has 4 N–H and O–H groups in total. The van der Waals surface area contributed by atoms with Crippen LogP contribution in [0.5, 0.6) is 0 Å². The number of nitrogens with zero attached hydrogens (tertiary/aromatic N) is 3. The van der Waals surface area contributed by atoms with E-state index >= 15 is 0 Å². The number of sulfonamides is 1. The number of thioether (sulfide) groups is 1. The van der Waals surface area contributed by atoms with E-state index in [0.717, 1.165) is 31.0 Å². The molecule has 35 heavy (non-hydrogen) atoms. The van der Waals surface area contributed by atoms with E-state index in [2.05, 4.69) is 24.9 Å². The van der Waals surface area contributed by atoms with Crippen LogP contribution in [0.2, 0.25) is 0 Å². The van der Waals surface area contributed by atoms with E-state index in [0.29, 0.717) is 36.4 Å². The first-order valence-electron chi connectivity index (χ1n) is 10.4. The van der Waals surface area contributed by atoms with Crippen LogP contribution in [-0.4, -0.2) is 68.6 Å². The van der Waals surface area contributed by atoms with Crippen LogP contribution in [0.1, 0.15) is 11.5 Å². The van der Waals surface area contributed by atoms with E-state index in [1.807, 2.05) is 0 Å². The maximum absolute atomic E-state index is 13.1. The molecule has 0 unspecified atom stereocenters. The third kappa shape index (κ3) is 5.92. The first-order chi connectivity index (χ1) is 16.5. The topological polar surface area (TPSA) is 140 Å². The molecule has 3 heterocycles. The summed E-state index contributed by atoms with van der Waals surface area (Å²) >= 11 is 0.950. The molecule has 0 aliphatic carbocycles. The molecule has 1 aromatic carbocycles. The first kappa shape index (κ1) is 25.4. The smallest absolute Gasteiger partial charge is 0.379 e. The maximum Gasteiger partial charge on any atom is 0.433 e. The number of benzene rings is 1. The number of hydrogen-bond acceptors (Lipinski definition) is 9. The van der Waals surface area contributed by atoms with Crippen molar-refractivity contribution in [3.8, 4) is 0 Å². The fraction of sp³-hybridized carbons (Fsp3) is 0.350. The summed E-state index contributed by atoms with van der Waals surface area (Å²) in [5, 5.41) is 2.98. The van der Waals surface area contributed by atoms with Gasteiger partial charge in [-0.15, -0.1) is 0 Å². The monoisotopic (exact) mass is 530 g/mol. The van der Waals surface area contributed by atoms with Crippen LogP contribution in [-0.2, 0) is 25.7 Å². The summed E-state index contributed by atoms with van der Waals surface area (Å²) in [6, 6.07) is 4.97. The van der Waals surface area contributed by atoms with Crippen LogP contribution in [0.15, 0.2) is 45.3 Å². The molecular weight excluding hydrogens is 509 g/mol. The Kier molecular flexibility index (Phi) is 7.32. The number of amides is 1. The van der Waals surface area contributed by atoms with Gasteiger partial charge in [0, 0.05) is 37.3 Å². The van der Waals surface area contributed by atoms with Gasteiger partial charge >= 0.3 is 6.18 Å². The van der Waals surface area contributed by atoms with E-state index in [1.54, 1.807) is 0 Å². The zero-order valence-electron chi connectivity index (χ0n) is 18.1. The zero-order chi connectivity index (χ0) is 25.2. The average Bonchev–Trinajstić information content (AvgIpc) is 3.22. The lowest BCUT2D eigenvalue weighted by Gasteiger charge is -2.26. The van der Waals surface area contributed by atoms with Crippen molar-refractivity contribution in [2.75, 3.05) is 44.7 Å². The number of fused-ring (bicyclic) bond motifs is 1. The number of carbonyl (C=O) groups excluding carboxylic acids is 1. The Morgan fingerprint density at radius 3 is 2.69 bits per heavy atom. The summed E-state index contributed by atoms with van der Waals surface area (Å²) in [6.07, 6.45) is -3.85. The van der Waals surface area contributed by atoms with Crippen LogP contribution in [0.3, 0.4) is 0 Å². The van der Waals surface area contributed by atoms with Gasteiger partial charge in [-0.3, -0.25) is 9.69 Å². The molecule has 15 heteroatoms. The van der Waals surface area contributed by atoms with Crippen LogP contribution < -0.4 is 15.8 Å².